The molecule has 7 heteroatoms. The van der Waals surface area contributed by atoms with Gasteiger partial charge in [-0.2, -0.15) is 0 Å². The zero-order valence-electron chi connectivity index (χ0n) is 15.5. The van der Waals surface area contributed by atoms with Crippen LogP contribution in [0.2, 0.25) is 0 Å². The first-order valence-electron chi connectivity index (χ1n) is 8.99. The molecule has 6 nitrogen and oxygen atoms in total. The summed E-state index contributed by atoms with van der Waals surface area (Å²) in [7, 11) is 0. The lowest BCUT2D eigenvalue weighted by Gasteiger charge is -2.15. The van der Waals surface area contributed by atoms with Crippen LogP contribution in [0.1, 0.15) is 25.5 Å². The van der Waals surface area contributed by atoms with Gasteiger partial charge in [-0.25, -0.2) is 18.7 Å². The van der Waals surface area contributed by atoms with E-state index >= 15 is 0 Å². The van der Waals surface area contributed by atoms with Crippen LogP contribution in [0.25, 0.3) is 16.9 Å². The fraction of sp³-hybridized carbons (Fsp3) is 0.190. The summed E-state index contributed by atoms with van der Waals surface area (Å²) in [6.07, 6.45) is 1.56. The zero-order valence-corrected chi connectivity index (χ0v) is 15.5. The first-order chi connectivity index (χ1) is 13.5. The highest BCUT2D eigenvalue weighted by molar-refractivity contribution is 5.72. The Morgan fingerprint density at radius 1 is 1.00 bits per heavy atom. The van der Waals surface area contributed by atoms with Crippen molar-refractivity contribution in [2.24, 2.45) is 0 Å². The van der Waals surface area contributed by atoms with Crippen molar-refractivity contribution in [2.45, 2.75) is 26.4 Å². The molecule has 4 rings (SSSR count). The molecule has 28 heavy (non-hydrogen) atoms. The van der Waals surface area contributed by atoms with Gasteiger partial charge in [0, 0.05) is 12.6 Å². The average Bonchev–Trinajstić information content (AvgIpc) is 3.07. The maximum absolute atomic E-state index is 13.4. The van der Waals surface area contributed by atoms with Crippen molar-refractivity contribution in [1.82, 2.24) is 18.7 Å². The summed E-state index contributed by atoms with van der Waals surface area (Å²) in [6.45, 7) is 4.01. The SMILES string of the molecule is CC(C)n1c(=O)c2c(ncn2Cc2ccccc2)n(-c2ccc(F)cc2)c1=O. The third-order valence-corrected chi connectivity index (χ3v) is 4.65. The summed E-state index contributed by atoms with van der Waals surface area (Å²) in [4.78, 5) is 30.6. The molecule has 0 aliphatic rings. The van der Waals surface area contributed by atoms with Crippen molar-refractivity contribution in [2.75, 3.05) is 0 Å². The maximum Gasteiger partial charge on any atom is 0.337 e. The van der Waals surface area contributed by atoms with Crippen molar-refractivity contribution in [3.63, 3.8) is 0 Å². The fourth-order valence-corrected chi connectivity index (χ4v) is 3.33. The van der Waals surface area contributed by atoms with Gasteiger partial charge in [0.2, 0.25) is 0 Å². The number of fused-ring (bicyclic) bond motifs is 1. The molecule has 0 saturated carbocycles. The second kappa shape index (κ2) is 6.92. The molecule has 4 aromatic rings. The third kappa shape index (κ3) is 2.94. The minimum Gasteiger partial charge on any atom is -0.320 e. The average molecular weight is 378 g/mol. The van der Waals surface area contributed by atoms with Crippen molar-refractivity contribution < 1.29 is 4.39 Å². The van der Waals surface area contributed by atoms with E-state index in [1.54, 1.807) is 24.7 Å². The second-order valence-corrected chi connectivity index (χ2v) is 6.89. The summed E-state index contributed by atoms with van der Waals surface area (Å²) in [5, 5.41) is 0. The molecule has 2 heterocycles. The molecule has 0 atom stereocenters. The molecule has 0 N–H and O–H groups in total. The van der Waals surface area contributed by atoms with E-state index < -0.39 is 11.5 Å². The standard InChI is InChI=1S/C21H19FN4O2/c1-14(2)25-20(27)18-19(23-13-24(18)12-15-6-4-3-5-7-15)26(21(25)28)17-10-8-16(22)9-11-17/h3-11,13-14H,12H2,1-2H3. The number of aromatic nitrogens is 4. The van der Waals surface area contributed by atoms with Gasteiger partial charge in [-0.15, -0.1) is 0 Å². The molecule has 0 aliphatic carbocycles. The predicted octanol–water partition coefficient (Wildman–Crippen LogP) is 3.12. The molecule has 0 fully saturated rings. The van der Waals surface area contributed by atoms with Gasteiger partial charge in [-0.05, 0) is 43.7 Å². The Kier molecular flexibility index (Phi) is 4.43. The molecule has 0 saturated heterocycles. The van der Waals surface area contributed by atoms with Crippen molar-refractivity contribution >= 4 is 11.2 Å². The van der Waals surface area contributed by atoms with E-state index in [2.05, 4.69) is 4.98 Å². The minimum absolute atomic E-state index is 0.259. The summed E-state index contributed by atoms with van der Waals surface area (Å²) in [5.41, 5.74) is 1.18. The van der Waals surface area contributed by atoms with Gasteiger partial charge in [0.25, 0.3) is 5.56 Å². The topological polar surface area (TPSA) is 61.8 Å². The third-order valence-electron chi connectivity index (χ3n) is 4.65. The van der Waals surface area contributed by atoms with E-state index in [1.807, 2.05) is 30.3 Å². The van der Waals surface area contributed by atoms with Gasteiger partial charge in [-0.3, -0.25) is 9.36 Å². The van der Waals surface area contributed by atoms with Gasteiger partial charge < -0.3 is 4.57 Å². The number of nitrogens with zero attached hydrogens (tertiary/aromatic N) is 4. The monoisotopic (exact) mass is 378 g/mol. The van der Waals surface area contributed by atoms with Crippen molar-refractivity contribution in [3.05, 3.63) is 93.1 Å². The largest absolute Gasteiger partial charge is 0.337 e. The lowest BCUT2D eigenvalue weighted by atomic mass is 10.2. The Hall–Kier alpha value is -3.48. The predicted molar refractivity (Wildman–Crippen MR) is 105 cm³/mol. The lowest BCUT2D eigenvalue weighted by Crippen LogP contribution is -2.41. The van der Waals surface area contributed by atoms with E-state index in [1.165, 1.54) is 33.4 Å². The van der Waals surface area contributed by atoms with Crippen LogP contribution in [-0.2, 0) is 6.54 Å². The maximum atomic E-state index is 13.4. The molecule has 0 unspecified atom stereocenters. The summed E-state index contributed by atoms with van der Waals surface area (Å²) < 4.78 is 17.7. The molecular formula is C21H19FN4O2. The zero-order chi connectivity index (χ0) is 19.8. The Morgan fingerprint density at radius 3 is 2.32 bits per heavy atom. The Balaban J connectivity index is 2.03. The summed E-state index contributed by atoms with van der Waals surface area (Å²) in [5.74, 6) is -0.403. The number of hydrogen-bond donors (Lipinski definition) is 0. The molecule has 0 spiro atoms. The van der Waals surface area contributed by atoms with Crippen LogP contribution in [0.15, 0.2) is 70.5 Å². The smallest absolute Gasteiger partial charge is 0.320 e. The minimum atomic E-state index is -0.496. The van der Waals surface area contributed by atoms with Gasteiger partial charge in [0.05, 0.1) is 12.0 Å². The molecule has 2 aromatic heterocycles. The van der Waals surface area contributed by atoms with Gasteiger partial charge >= 0.3 is 5.69 Å². The number of halogens is 1. The number of imidazole rings is 1. The Labute approximate surface area is 160 Å². The number of rotatable bonds is 4. The highest BCUT2D eigenvalue weighted by Gasteiger charge is 2.20. The second-order valence-electron chi connectivity index (χ2n) is 6.89. The van der Waals surface area contributed by atoms with Crippen LogP contribution in [-0.4, -0.2) is 18.7 Å². The van der Waals surface area contributed by atoms with E-state index in [4.69, 9.17) is 0 Å². The Bertz CT molecular complexity index is 1250. The fourth-order valence-electron chi connectivity index (χ4n) is 3.33. The highest BCUT2D eigenvalue weighted by Crippen LogP contribution is 2.16. The lowest BCUT2D eigenvalue weighted by molar-refractivity contribution is 0.538. The van der Waals surface area contributed by atoms with Crippen LogP contribution in [0.5, 0.6) is 0 Å². The van der Waals surface area contributed by atoms with E-state index in [9.17, 15) is 14.0 Å². The Morgan fingerprint density at radius 2 is 1.68 bits per heavy atom. The van der Waals surface area contributed by atoms with Crippen LogP contribution in [0, 0.1) is 5.82 Å². The molecule has 142 valence electrons. The first-order valence-corrected chi connectivity index (χ1v) is 8.99. The molecular weight excluding hydrogens is 359 g/mol. The first kappa shape index (κ1) is 17.9. The van der Waals surface area contributed by atoms with Crippen molar-refractivity contribution in [3.8, 4) is 5.69 Å². The molecule has 0 radical (unpaired) electrons. The number of hydrogen-bond acceptors (Lipinski definition) is 3. The van der Waals surface area contributed by atoms with Gasteiger partial charge in [0.1, 0.15) is 5.82 Å². The van der Waals surface area contributed by atoms with E-state index in [-0.39, 0.29) is 17.2 Å². The highest BCUT2D eigenvalue weighted by atomic mass is 19.1. The summed E-state index contributed by atoms with van der Waals surface area (Å²) >= 11 is 0. The molecule has 0 aliphatic heterocycles. The van der Waals surface area contributed by atoms with Crippen LogP contribution < -0.4 is 11.2 Å². The molecule has 0 bridgehead atoms. The molecule has 0 amide bonds. The van der Waals surface area contributed by atoms with Crippen LogP contribution in [0.4, 0.5) is 4.39 Å². The van der Waals surface area contributed by atoms with Gasteiger partial charge in [-0.1, -0.05) is 30.3 Å². The number of benzene rings is 2. The molecule has 2 aromatic carbocycles. The van der Waals surface area contributed by atoms with Crippen LogP contribution in [0.3, 0.4) is 0 Å². The normalized spacial score (nSPS) is 11.4. The van der Waals surface area contributed by atoms with E-state index in [0.717, 1.165) is 5.56 Å². The van der Waals surface area contributed by atoms with E-state index in [0.29, 0.717) is 17.7 Å². The van der Waals surface area contributed by atoms with Crippen molar-refractivity contribution in [1.29, 1.82) is 0 Å². The van der Waals surface area contributed by atoms with Gasteiger partial charge in [0.15, 0.2) is 11.2 Å². The quantitative estimate of drug-likeness (QED) is 0.548. The summed E-state index contributed by atoms with van der Waals surface area (Å²) in [6, 6.07) is 14.9. The van der Waals surface area contributed by atoms with Crippen LogP contribution >= 0.6 is 0 Å².